The number of hydrogen-bond acceptors (Lipinski definition) is 1. The molecule has 1 saturated carbocycles. The average Bonchev–Trinajstić information content (AvgIpc) is 2.98. The molecule has 1 aliphatic carbocycles. The van der Waals surface area contributed by atoms with Gasteiger partial charge >= 0.3 is 0 Å². The van der Waals surface area contributed by atoms with Gasteiger partial charge in [-0.3, -0.25) is 0 Å². The van der Waals surface area contributed by atoms with E-state index >= 15 is 0 Å². The molecule has 0 N–H and O–H groups in total. The Kier molecular flexibility index (Phi) is 3.09. The van der Waals surface area contributed by atoms with Gasteiger partial charge < -0.3 is 0 Å². The minimum absolute atomic E-state index is 0.227. The maximum Gasteiger partial charge on any atom is 0.0822 e. The standard InChI is InChI=1S/C18H17N/c19-14-18(12-4-5-13-18)17-10-8-16(9-11-17)15-6-2-1-3-7-15/h1-3,6-11H,4-5,12-13H2. The summed E-state index contributed by atoms with van der Waals surface area (Å²) in [4.78, 5) is 0. The third kappa shape index (κ3) is 2.15. The van der Waals surface area contributed by atoms with Crippen LogP contribution in [0.5, 0.6) is 0 Å². The highest BCUT2D eigenvalue weighted by Crippen LogP contribution is 2.40. The van der Waals surface area contributed by atoms with E-state index in [1.165, 1.54) is 29.5 Å². The highest BCUT2D eigenvalue weighted by molar-refractivity contribution is 5.63. The highest BCUT2D eigenvalue weighted by atomic mass is 14.4. The van der Waals surface area contributed by atoms with E-state index in [1.807, 2.05) is 6.07 Å². The predicted octanol–water partition coefficient (Wildman–Crippen LogP) is 4.69. The molecule has 2 aromatic carbocycles. The van der Waals surface area contributed by atoms with E-state index in [0.29, 0.717) is 0 Å². The predicted molar refractivity (Wildman–Crippen MR) is 77.6 cm³/mol. The first-order chi connectivity index (χ1) is 9.34. The van der Waals surface area contributed by atoms with E-state index in [2.05, 4.69) is 54.6 Å². The molecule has 1 nitrogen and oxygen atoms in total. The number of nitrogens with zero attached hydrogens (tertiary/aromatic N) is 1. The molecule has 0 spiro atoms. The number of rotatable bonds is 2. The van der Waals surface area contributed by atoms with Crippen molar-refractivity contribution in [3.63, 3.8) is 0 Å². The molecule has 94 valence electrons. The largest absolute Gasteiger partial charge is 0.197 e. The third-order valence-electron chi connectivity index (χ3n) is 4.22. The Balaban J connectivity index is 1.94. The first kappa shape index (κ1) is 12.0. The van der Waals surface area contributed by atoms with Crippen molar-refractivity contribution in [2.45, 2.75) is 31.1 Å². The zero-order chi connectivity index (χ0) is 13.1. The van der Waals surface area contributed by atoms with Gasteiger partial charge in [0.15, 0.2) is 0 Å². The fraction of sp³-hybridized carbons (Fsp3) is 0.278. The quantitative estimate of drug-likeness (QED) is 0.755. The van der Waals surface area contributed by atoms with Crippen LogP contribution in [0.15, 0.2) is 54.6 Å². The summed E-state index contributed by atoms with van der Waals surface area (Å²) in [5, 5.41) is 9.51. The fourth-order valence-electron chi connectivity index (χ4n) is 3.06. The molecular weight excluding hydrogens is 230 g/mol. The fourth-order valence-corrected chi connectivity index (χ4v) is 3.06. The van der Waals surface area contributed by atoms with Crippen LogP contribution in [0.3, 0.4) is 0 Å². The molecule has 0 radical (unpaired) electrons. The van der Waals surface area contributed by atoms with E-state index in [4.69, 9.17) is 0 Å². The van der Waals surface area contributed by atoms with Crippen LogP contribution in [0.2, 0.25) is 0 Å². The SMILES string of the molecule is N#CC1(c2ccc(-c3ccccc3)cc2)CCCC1. The summed E-state index contributed by atoms with van der Waals surface area (Å²) < 4.78 is 0. The van der Waals surface area contributed by atoms with Gasteiger partial charge in [0.1, 0.15) is 0 Å². The van der Waals surface area contributed by atoms with E-state index in [-0.39, 0.29) is 5.41 Å². The lowest BCUT2D eigenvalue weighted by atomic mass is 9.80. The van der Waals surface area contributed by atoms with Gasteiger partial charge in [0.2, 0.25) is 0 Å². The molecule has 0 atom stereocenters. The van der Waals surface area contributed by atoms with Gasteiger partial charge in [0.25, 0.3) is 0 Å². The Bertz CT molecular complexity index is 584. The van der Waals surface area contributed by atoms with Gasteiger partial charge in [-0.2, -0.15) is 5.26 Å². The van der Waals surface area contributed by atoms with Crippen molar-refractivity contribution >= 4 is 0 Å². The van der Waals surface area contributed by atoms with Crippen LogP contribution in [-0.4, -0.2) is 0 Å². The number of benzene rings is 2. The van der Waals surface area contributed by atoms with Crippen LogP contribution in [0.1, 0.15) is 31.2 Å². The van der Waals surface area contributed by atoms with E-state index in [1.54, 1.807) is 0 Å². The lowest BCUT2D eigenvalue weighted by Gasteiger charge is -2.20. The van der Waals surface area contributed by atoms with Gasteiger partial charge in [0.05, 0.1) is 11.5 Å². The molecule has 0 aromatic heterocycles. The van der Waals surface area contributed by atoms with Gasteiger partial charge in [-0.25, -0.2) is 0 Å². The van der Waals surface area contributed by atoms with Crippen molar-refractivity contribution in [1.82, 2.24) is 0 Å². The molecule has 1 aliphatic rings. The molecule has 0 aliphatic heterocycles. The highest BCUT2D eigenvalue weighted by Gasteiger charge is 2.35. The summed E-state index contributed by atoms with van der Waals surface area (Å²) in [5.41, 5.74) is 3.41. The molecule has 1 heteroatoms. The van der Waals surface area contributed by atoms with E-state index in [9.17, 15) is 5.26 Å². The zero-order valence-electron chi connectivity index (χ0n) is 11.0. The van der Waals surface area contributed by atoms with Crippen molar-refractivity contribution < 1.29 is 0 Å². The minimum atomic E-state index is -0.227. The average molecular weight is 247 g/mol. The summed E-state index contributed by atoms with van der Waals surface area (Å²) in [7, 11) is 0. The molecule has 1 fully saturated rings. The first-order valence-electron chi connectivity index (χ1n) is 6.91. The topological polar surface area (TPSA) is 23.8 Å². The molecular formula is C18H17N. The summed E-state index contributed by atoms with van der Waals surface area (Å²) >= 11 is 0. The maximum atomic E-state index is 9.51. The minimum Gasteiger partial charge on any atom is -0.197 e. The first-order valence-corrected chi connectivity index (χ1v) is 6.91. The summed E-state index contributed by atoms with van der Waals surface area (Å²) in [5.74, 6) is 0. The van der Waals surface area contributed by atoms with E-state index in [0.717, 1.165) is 12.8 Å². The Hall–Kier alpha value is -2.07. The van der Waals surface area contributed by atoms with Crippen LogP contribution in [0.25, 0.3) is 11.1 Å². The molecule has 19 heavy (non-hydrogen) atoms. The molecule has 0 amide bonds. The second-order valence-corrected chi connectivity index (χ2v) is 5.34. The van der Waals surface area contributed by atoms with Crippen molar-refractivity contribution in [3.8, 4) is 17.2 Å². The van der Waals surface area contributed by atoms with Gasteiger partial charge in [-0.15, -0.1) is 0 Å². The van der Waals surface area contributed by atoms with Gasteiger partial charge in [-0.1, -0.05) is 67.4 Å². The van der Waals surface area contributed by atoms with Crippen molar-refractivity contribution in [2.24, 2.45) is 0 Å². The van der Waals surface area contributed by atoms with Crippen LogP contribution < -0.4 is 0 Å². The van der Waals surface area contributed by atoms with E-state index < -0.39 is 0 Å². The Labute approximate surface area is 114 Å². The van der Waals surface area contributed by atoms with Gasteiger partial charge in [0, 0.05) is 0 Å². The lowest BCUT2D eigenvalue weighted by Crippen LogP contribution is -2.18. The maximum absolute atomic E-state index is 9.51. The van der Waals surface area contributed by atoms with Gasteiger partial charge in [-0.05, 0) is 29.5 Å². The molecule has 0 saturated heterocycles. The van der Waals surface area contributed by atoms with Crippen LogP contribution in [0.4, 0.5) is 0 Å². The summed E-state index contributed by atoms with van der Waals surface area (Å²) in [6, 6.07) is 21.5. The number of hydrogen-bond donors (Lipinski definition) is 0. The van der Waals surface area contributed by atoms with Crippen molar-refractivity contribution in [1.29, 1.82) is 5.26 Å². The van der Waals surface area contributed by atoms with Crippen LogP contribution in [-0.2, 0) is 5.41 Å². The molecule has 0 heterocycles. The smallest absolute Gasteiger partial charge is 0.0822 e. The molecule has 0 unspecified atom stereocenters. The molecule has 3 rings (SSSR count). The van der Waals surface area contributed by atoms with Crippen molar-refractivity contribution in [3.05, 3.63) is 60.2 Å². The third-order valence-corrected chi connectivity index (χ3v) is 4.22. The Morgan fingerprint density at radius 1 is 0.789 bits per heavy atom. The normalized spacial score (nSPS) is 17.0. The Morgan fingerprint density at radius 3 is 1.95 bits per heavy atom. The zero-order valence-corrected chi connectivity index (χ0v) is 11.0. The second kappa shape index (κ2) is 4.90. The van der Waals surface area contributed by atoms with Crippen LogP contribution in [0, 0.1) is 11.3 Å². The summed E-state index contributed by atoms with van der Waals surface area (Å²) in [6.45, 7) is 0. The monoisotopic (exact) mass is 247 g/mol. The lowest BCUT2D eigenvalue weighted by molar-refractivity contribution is 0.573. The molecule has 0 bridgehead atoms. The second-order valence-electron chi connectivity index (χ2n) is 5.34. The molecule has 2 aromatic rings. The van der Waals surface area contributed by atoms with Crippen LogP contribution >= 0.6 is 0 Å². The summed E-state index contributed by atoms with van der Waals surface area (Å²) in [6.07, 6.45) is 4.37. The van der Waals surface area contributed by atoms with Crippen molar-refractivity contribution in [2.75, 3.05) is 0 Å². The number of nitriles is 1. The Morgan fingerprint density at radius 2 is 1.37 bits per heavy atom.